The van der Waals surface area contributed by atoms with Gasteiger partial charge in [-0.2, -0.15) is 0 Å². The van der Waals surface area contributed by atoms with Crippen molar-refractivity contribution in [1.29, 1.82) is 0 Å². The van der Waals surface area contributed by atoms with Gasteiger partial charge in [0.15, 0.2) is 0 Å². The van der Waals surface area contributed by atoms with Crippen LogP contribution in [0, 0.1) is 0 Å². The van der Waals surface area contributed by atoms with Crippen LogP contribution in [0.2, 0.25) is 0 Å². The van der Waals surface area contributed by atoms with Crippen LogP contribution in [-0.4, -0.2) is 112 Å². The van der Waals surface area contributed by atoms with Crippen molar-refractivity contribution in [2.75, 3.05) is 66.5 Å². The Kier molecular flexibility index (Phi) is 12.6. The topological polar surface area (TPSA) is 239 Å². The second-order valence-corrected chi connectivity index (χ2v) is 9.88. The highest BCUT2D eigenvalue weighted by molar-refractivity contribution is 6.08. The van der Waals surface area contributed by atoms with Crippen LogP contribution in [-0.2, 0) is 0 Å². The Morgan fingerprint density at radius 2 is 0.844 bits per heavy atom. The second-order valence-electron chi connectivity index (χ2n) is 9.88. The van der Waals surface area contributed by atoms with Crippen LogP contribution in [0.3, 0.4) is 0 Å². The summed E-state index contributed by atoms with van der Waals surface area (Å²) in [5, 5.41) is 42.9. The summed E-state index contributed by atoms with van der Waals surface area (Å²) in [6, 6.07) is 4.78. The number of benzene rings is 2. The van der Waals surface area contributed by atoms with Crippen LogP contribution in [0.5, 0.6) is 11.5 Å². The van der Waals surface area contributed by atoms with E-state index >= 15 is 0 Å². The number of phenols is 2. The molecule has 1 heterocycles. The van der Waals surface area contributed by atoms with E-state index in [2.05, 4.69) is 42.5 Å². The van der Waals surface area contributed by atoms with E-state index in [-0.39, 0.29) is 72.6 Å². The Morgan fingerprint density at radius 1 is 0.533 bits per heavy atom. The first kappa shape index (κ1) is 34.3. The van der Waals surface area contributed by atoms with Crippen LogP contribution in [0.4, 0.5) is 0 Å². The molecule has 0 fully saturated rings. The summed E-state index contributed by atoms with van der Waals surface area (Å²) in [7, 11) is 2.79. The number of hydrogen-bond acceptors (Lipinski definition) is 10. The van der Waals surface area contributed by atoms with Gasteiger partial charge in [0.1, 0.15) is 11.5 Å². The number of rotatable bonds is 2. The highest BCUT2D eigenvalue weighted by Gasteiger charge is 2.24. The molecular formula is C29H38N8O8. The largest absolute Gasteiger partial charge is 0.506 e. The number of amides is 6. The predicted molar refractivity (Wildman–Crippen MR) is 163 cm³/mol. The Labute approximate surface area is 259 Å². The quantitative estimate of drug-likeness (QED) is 0.176. The summed E-state index contributed by atoms with van der Waals surface area (Å²) in [4.78, 5) is 76.1. The lowest BCUT2D eigenvalue weighted by Crippen LogP contribution is -2.37. The van der Waals surface area contributed by atoms with Gasteiger partial charge in [0, 0.05) is 71.0 Å². The Balaban J connectivity index is 1.78. The number of fused-ring (bicyclic) bond motifs is 4. The van der Waals surface area contributed by atoms with Crippen molar-refractivity contribution in [3.8, 4) is 11.5 Å². The lowest BCUT2D eigenvalue weighted by Gasteiger charge is -2.14. The molecule has 0 unspecified atom stereocenters. The number of phenolic OH excluding ortho intramolecular Hbond substituents is 2. The summed E-state index contributed by atoms with van der Waals surface area (Å²) in [5.41, 5.74) is -0.953. The summed E-state index contributed by atoms with van der Waals surface area (Å²) < 4.78 is 0. The molecule has 6 amide bonds. The molecule has 0 aliphatic carbocycles. The average Bonchev–Trinajstić information content (AvgIpc) is 3.03. The minimum atomic E-state index is -0.708. The molecule has 242 valence electrons. The van der Waals surface area contributed by atoms with E-state index in [1.807, 2.05) is 0 Å². The van der Waals surface area contributed by atoms with Crippen molar-refractivity contribution >= 4 is 35.4 Å². The lowest BCUT2D eigenvalue weighted by atomic mass is 10.0. The molecule has 0 atom stereocenters. The van der Waals surface area contributed by atoms with E-state index in [1.165, 1.54) is 38.4 Å². The Bertz CT molecular complexity index is 1350. The van der Waals surface area contributed by atoms with E-state index in [9.17, 15) is 39.0 Å². The molecule has 4 bridgehead atoms. The lowest BCUT2D eigenvalue weighted by molar-refractivity contribution is 0.0928. The second kappa shape index (κ2) is 16.6. The van der Waals surface area contributed by atoms with Crippen molar-refractivity contribution in [3.63, 3.8) is 0 Å². The van der Waals surface area contributed by atoms with Crippen LogP contribution >= 0.6 is 0 Å². The standard InChI is InChI=1S/C29H38N8O8/c1-30-24(40)16-12-18-22(38)19(13-16)28(44)36-10-7-33-8-11-37-29(45)21-15-17(25(41)31-2)14-20(23(21)39)27(43)35-9-6-32-4-3-5-34-26(18)42/h12-15,32-33,38-39H,3-11H2,1-2H3,(H,30,40)(H,31,41)(H,34,42)(H,35,43)(H,36,44)(H,37,45). The van der Waals surface area contributed by atoms with Crippen LogP contribution in [0.1, 0.15) is 68.6 Å². The van der Waals surface area contributed by atoms with E-state index in [0.717, 1.165) is 0 Å². The maximum atomic E-state index is 12.9. The third-order valence-electron chi connectivity index (χ3n) is 6.75. The highest BCUT2D eigenvalue weighted by atomic mass is 16.3. The fourth-order valence-corrected chi connectivity index (χ4v) is 4.35. The normalized spacial score (nSPS) is 16.0. The number of aromatic hydroxyl groups is 2. The molecule has 2 aromatic carbocycles. The van der Waals surface area contributed by atoms with Gasteiger partial charge in [-0.25, -0.2) is 0 Å². The van der Waals surface area contributed by atoms with Gasteiger partial charge in [-0.15, -0.1) is 0 Å². The zero-order valence-electron chi connectivity index (χ0n) is 25.0. The molecule has 16 nitrogen and oxygen atoms in total. The third kappa shape index (κ3) is 9.14. The van der Waals surface area contributed by atoms with E-state index in [0.29, 0.717) is 19.5 Å². The van der Waals surface area contributed by atoms with Crippen molar-refractivity contribution in [1.82, 2.24) is 42.5 Å². The summed E-state index contributed by atoms with van der Waals surface area (Å²) >= 11 is 0. The summed E-state index contributed by atoms with van der Waals surface area (Å²) in [5.74, 6) is -5.02. The average molecular weight is 627 g/mol. The van der Waals surface area contributed by atoms with Crippen LogP contribution < -0.4 is 42.5 Å². The summed E-state index contributed by atoms with van der Waals surface area (Å²) in [6.07, 6.45) is 0.462. The monoisotopic (exact) mass is 626 g/mol. The molecule has 0 saturated heterocycles. The van der Waals surface area contributed by atoms with Gasteiger partial charge < -0.3 is 52.7 Å². The molecule has 0 spiro atoms. The third-order valence-corrected chi connectivity index (χ3v) is 6.75. The van der Waals surface area contributed by atoms with Gasteiger partial charge in [0.05, 0.1) is 22.3 Å². The zero-order chi connectivity index (χ0) is 32.9. The maximum absolute atomic E-state index is 12.9. The number of carbonyl (C=O) groups excluding carboxylic acids is 6. The fraction of sp³-hybridized carbons (Fsp3) is 0.379. The molecule has 0 saturated carbocycles. The van der Waals surface area contributed by atoms with Gasteiger partial charge >= 0.3 is 0 Å². The van der Waals surface area contributed by atoms with Crippen molar-refractivity contribution in [2.45, 2.75) is 6.42 Å². The van der Waals surface area contributed by atoms with E-state index in [1.54, 1.807) is 0 Å². The molecule has 16 heteroatoms. The molecule has 1 aliphatic rings. The zero-order valence-corrected chi connectivity index (χ0v) is 25.0. The SMILES string of the molecule is CNC(=O)c1cc2c(O)c(c1)C(=O)NCCNCCNC(=O)c1cc(C(=O)NC)cc(c1O)C(=O)NCCNCCCNC2=O. The highest BCUT2D eigenvalue weighted by Crippen LogP contribution is 2.26. The van der Waals surface area contributed by atoms with Gasteiger partial charge in [-0.3, -0.25) is 28.8 Å². The van der Waals surface area contributed by atoms with Crippen LogP contribution in [0.25, 0.3) is 0 Å². The molecule has 10 N–H and O–H groups in total. The van der Waals surface area contributed by atoms with E-state index < -0.39 is 46.9 Å². The van der Waals surface area contributed by atoms with Crippen molar-refractivity contribution in [3.05, 3.63) is 57.6 Å². The van der Waals surface area contributed by atoms with E-state index in [4.69, 9.17) is 0 Å². The molecule has 2 aromatic rings. The Hall–Kier alpha value is -5.22. The van der Waals surface area contributed by atoms with Crippen LogP contribution in [0.15, 0.2) is 24.3 Å². The molecule has 1 aliphatic heterocycles. The van der Waals surface area contributed by atoms with Crippen molar-refractivity contribution in [2.24, 2.45) is 0 Å². The first-order valence-corrected chi connectivity index (χ1v) is 14.3. The smallest absolute Gasteiger partial charge is 0.255 e. The maximum Gasteiger partial charge on any atom is 0.255 e. The Morgan fingerprint density at radius 3 is 1.18 bits per heavy atom. The van der Waals surface area contributed by atoms with Crippen molar-refractivity contribution < 1.29 is 39.0 Å². The molecular weight excluding hydrogens is 588 g/mol. The van der Waals surface area contributed by atoms with Gasteiger partial charge in [0.25, 0.3) is 35.4 Å². The van der Waals surface area contributed by atoms with Gasteiger partial charge in [-0.05, 0) is 37.2 Å². The fourth-order valence-electron chi connectivity index (χ4n) is 4.35. The summed E-state index contributed by atoms with van der Waals surface area (Å²) in [6.45, 7) is 1.79. The number of nitrogens with one attached hydrogen (secondary N) is 8. The van der Waals surface area contributed by atoms with Gasteiger partial charge in [0.2, 0.25) is 0 Å². The number of carbonyl (C=O) groups is 6. The minimum absolute atomic E-state index is 0.00991. The molecule has 45 heavy (non-hydrogen) atoms. The molecule has 3 rings (SSSR count). The van der Waals surface area contributed by atoms with Gasteiger partial charge in [-0.1, -0.05) is 0 Å². The molecule has 0 aromatic heterocycles. The number of hydrogen-bond donors (Lipinski definition) is 10. The first-order valence-electron chi connectivity index (χ1n) is 14.3. The predicted octanol–water partition coefficient (Wildman–Crippen LogP) is -1.98. The first-order chi connectivity index (χ1) is 21.6. The molecule has 0 radical (unpaired) electrons. The minimum Gasteiger partial charge on any atom is -0.506 e.